The van der Waals surface area contributed by atoms with Gasteiger partial charge in [-0.1, -0.05) is 84.9 Å². The largest absolute Gasteiger partial charge is 0.306 e. The van der Waals surface area contributed by atoms with Crippen molar-refractivity contribution < 1.29 is 0 Å². The Kier molecular flexibility index (Phi) is 5.78. The van der Waals surface area contributed by atoms with Crippen molar-refractivity contribution in [2.45, 2.75) is 0 Å². The average molecular weight is 644 g/mol. The van der Waals surface area contributed by atoms with Gasteiger partial charge in [-0.05, 0) is 76.8 Å². The van der Waals surface area contributed by atoms with Crippen LogP contribution in [0.3, 0.4) is 0 Å². The fraction of sp³-hybridized carbons (Fsp3) is 0. The molecule has 0 saturated carbocycles. The Labute approximate surface area is 277 Å². The van der Waals surface area contributed by atoms with Gasteiger partial charge in [0.1, 0.15) is 5.00 Å². The maximum Gasteiger partial charge on any atom is 0.103 e. The first-order valence-corrected chi connectivity index (χ1v) is 17.8. The highest BCUT2D eigenvalue weighted by atomic mass is 32.1. The molecule has 0 aliphatic carbocycles. The number of nitrogens with zero attached hydrogens (tertiary/aromatic N) is 3. The zero-order chi connectivity index (χ0) is 30.2. The zero-order valence-corrected chi connectivity index (χ0v) is 26.9. The summed E-state index contributed by atoms with van der Waals surface area (Å²) in [4.78, 5) is 2.39. The first kappa shape index (κ1) is 26.1. The first-order chi connectivity index (χ1) is 22.8. The summed E-state index contributed by atoms with van der Waals surface area (Å²) in [7, 11) is 0. The molecule has 46 heavy (non-hydrogen) atoms. The molecule has 0 atom stereocenters. The molecule has 10 aromatic rings. The Bertz CT molecular complexity index is 2650. The summed E-state index contributed by atoms with van der Waals surface area (Å²) in [6.45, 7) is 0. The van der Waals surface area contributed by atoms with Gasteiger partial charge in [-0.25, -0.2) is 0 Å². The highest BCUT2D eigenvalue weighted by molar-refractivity contribution is 7.34. The van der Waals surface area contributed by atoms with Crippen LogP contribution in [0.2, 0.25) is 0 Å². The van der Waals surface area contributed by atoms with Crippen molar-refractivity contribution in [1.29, 1.82) is 0 Å². The van der Waals surface area contributed by atoms with Gasteiger partial charge in [-0.2, -0.15) is 0 Å². The molecule has 0 bridgehead atoms. The number of aromatic nitrogens is 2. The predicted octanol–water partition coefficient (Wildman–Crippen LogP) is 12.7. The van der Waals surface area contributed by atoms with Gasteiger partial charge in [0.25, 0.3) is 0 Å². The minimum Gasteiger partial charge on any atom is -0.306 e. The van der Waals surface area contributed by atoms with Crippen LogP contribution in [0.5, 0.6) is 0 Å². The lowest BCUT2D eigenvalue weighted by atomic mass is 10.1. The second kappa shape index (κ2) is 10.2. The van der Waals surface area contributed by atoms with Crippen molar-refractivity contribution >= 4 is 102 Å². The molecule has 5 aromatic heterocycles. The van der Waals surface area contributed by atoms with Crippen LogP contribution in [-0.4, -0.2) is 9.13 Å². The normalized spacial score (nSPS) is 11.9. The van der Waals surface area contributed by atoms with E-state index in [0.29, 0.717) is 0 Å². The second-order valence-corrected chi connectivity index (χ2v) is 14.4. The molecule has 0 saturated heterocycles. The minimum atomic E-state index is 1.15. The van der Waals surface area contributed by atoms with Gasteiger partial charge in [0.2, 0.25) is 0 Å². The van der Waals surface area contributed by atoms with Crippen LogP contribution in [0.15, 0.2) is 151 Å². The summed E-state index contributed by atoms with van der Waals surface area (Å²) in [5, 5.41) is 5.91. The van der Waals surface area contributed by atoms with Crippen molar-refractivity contribution in [2.24, 2.45) is 0 Å². The maximum atomic E-state index is 2.52. The summed E-state index contributed by atoms with van der Waals surface area (Å²) < 4.78 is 10.4. The third-order valence-corrected chi connectivity index (χ3v) is 12.3. The quantitative estimate of drug-likeness (QED) is 0.182. The minimum absolute atomic E-state index is 1.15. The number of thiophene rings is 3. The molecule has 5 heterocycles. The fourth-order valence-electron chi connectivity index (χ4n) is 6.82. The van der Waals surface area contributed by atoms with Crippen LogP contribution < -0.4 is 4.90 Å². The lowest BCUT2D eigenvalue weighted by Gasteiger charge is -2.23. The van der Waals surface area contributed by atoms with E-state index in [9.17, 15) is 0 Å². The summed E-state index contributed by atoms with van der Waals surface area (Å²) in [5.74, 6) is 0. The fourth-order valence-corrected chi connectivity index (χ4v) is 10.5. The number of hydrogen-bond acceptors (Lipinski definition) is 4. The lowest BCUT2D eigenvalue weighted by Crippen LogP contribution is -2.07. The van der Waals surface area contributed by atoms with E-state index in [0.717, 1.165) is 11.4 Å². The second-order valence-electron chi connectivity index (χ2n) is 11.4. The van der Waals surface area contributed by atoms with Gasteiger partial charge in [0.05, 0.1) is 40.9 Å². The number of rotatable bonds is 5. The first-order valence-electron chi connectivity index (χ1n) is 15.3. The van der Waals surface area contributed by atoms with E-state index in [4.69, 9.17) is 0 Å². The summed E-state index contributed by atoms with van der Waals surface area (Å²) in [5.41, 5.74) is 9.74. The van der Waals surface area contributed by atoms with Crippen molar-refractivity contribution in [3.8, 4) is 11.4 Å². The molecule has 0 aliphatic heterocycles. The van der Waals surface area contributed by atoms with E-state index in [1.165, 1.54) is 68.0 Å². The SMILES string of the molecule is c1ccc(N(c2ccccc2)c2cc3c(s2)c2sc4c5sccc5n(-c5ccccc5)c4c2n3-c2ccc3ccccc3c2)cc1. The van der Waals surface area contributed by atoms with Crippen LogP contribution in [-0.2, 0) is 0 Å². The Balaban J connectivity index is 1.33. The smallest absolute Gasteiger partial charge is 0.103 e. The van der Waals surface area contributed by atoms with Crippen molar-refractivity contribution in [3.05, 3.63) is 151 Å². The molecule has 0 amide bonds. The van der Waals surface area contributed by atoms with E-state index in [2.05, 4.69) is 165 Å². The molecule has 3 nitrogen and oxygen atoms in total. The number of benzene rings is 5. The standard InChI is InChI=1S/C40H25N3S3/c1-4-14-28(15-5-1)41(29-16-6-2-7-17-29)34-25-33-38(45-34)40-36(43(33)31-21-20-26-12-10-11-13-27(26)24-31)35-39(46-40)37-32(22-23-44-37)42(35)30-18-8-3-9-19-30/h1-25H. The van der Waals surface area contributed by atoms with Gasteiger partial charge >= 0.3 is 0 Å². The molecule has 0 radical (unpaired) electrons. The third kappa shape index (κ3) is 3.81. The van der Waals surface area contributed by atoms with Crippen molar-refractivity contribution in [2.75, 3.05) is 4.90 Å². The van der Waals surface area contributed by atoms with Crippen molar-refractivity contribution in [3.63, 3.8) is 0 Å². The third-order valence-electron chi connectivity index (χ3n) is 8.80. The van der Waals surface area contributed by atoms with E-state index in [-0.39, 0.29) is 0 Å². The molecule has 0 N–H and O–H groups in total. The maximum absolute atomic E-state index is 2.52. The monoisotopic (exact) mass is 643 g/mol. The van der Waals surface area contributed by atoms with Gasteiger partial charge in [-0.3, -0.25) is 0 Å². The van der Waals surface area contributed by atoms with Crippen LogP contribution >= 0.6 is 34.0 Å². The molecule has 218 valence electrons. The van der Waals surface area contributed by atoms with E-state index >= 15 is 0 Å². The Hall–Kier alpha value is -5.14. The lowest BCUT2D eigenvalue weighted by molar-refractivity contribution is 1.15. The van der Waals surface area contributed by atoms with Gasteiger partial charge in [0.15, 0.2) is 0 Å². The van der Waals surface area contributed by atoms with Gasteiger partial charge in [-0.15, -0.1) is 34.0 Å². The predicted molar refractivity (Wildman–Crippen MR) is 201 cm³/mol. The number of fused-ring (bicyclic) bond motifs is 8. The molecular formula is C40H25N3S3. The molecule has 0 spiro atoms. The number of para-hydroxylation sites is 3. The number of anilines is 3. The Morgan fingerprint density at radius 3 is 1.76 bits per heavy atom. The van der Waals surface area contributed by atoms with Crippen LogP contribution in [0.1, 0.15) is 0 Å². The Morgan fingerprint density at radius 2 is 1.04 bits per heavy atom. The summed E-state index contributed by atoms with van der Waals surface area (Å²) in [6, 6.07) is 52.4. The van der Waals surface area contributed by atoms with Gasteiger partial charge in [0, 0.05) is 22.7 Å². The topological polar surface area (TPSA) is 13.1 Å². The van der Waals surface area contributed by atoms with Crippen LogP contribution in [0.25, 0.3) is 63.0 Å². The molecule has 0 unspecified atom stereocenters. The molecule has 0 aliphatic rings. The van der Waals surface area contributed by atoms with E-state index in [1.807, 2.05) is 34.0 Å². The molecule has 6 heteroatoms. The molecule has 5 aromatic carbocycles. The average Bonchev–Trinajstić information content (AvgIpc) is 3.92. The van der Waals surface area contributed by atoms with E-state index in [1.54, 1.807) is 0 Å². The molecule has 0 fully saturated rings. The highest BCUT2D eigenvalue weighted by Crippen LogP contribution is 2.52. The summed E-state index contributed by atoms with van der Waals surface area (Å²) in [6.07, 6.45) is 0. The van der Waals surface area contributed by atoms with E-state index < -0.39 is 0 Å². The Morgan fingerprint density at radius 1 is 0.435 bits per heavy atom. The summed E-state index contributed by atoms with van der Waals surface area (Å²) >= 11 is 5.66. The van der Waals surface area contributed by atoms with Gasteiger partial charge < -0.3 is 14.0 Å². The highest BCUT2D eigenvalue weighted by Gasteiger charge is 2.27. The molecular weight excluding hydrogens is 619 g/mol. The van der Waals surface area contributed by atoms with Crippen molar-refractivity contribution in [1.82, 2.24) is 9.13 Å². The van der Waals surface area contributed by atoms with Crippen LogP contribution in [0, 0.1) is 0 Å². The molecule has 10 rings (SSSR count). The zero-order valence-electron chi connectivity index (χ0n) is 24.5. The number of hydrogen-bond donors (Lipinski definition) is 0. The van der Waals surface area contributed by atoms with Crippen LogP contribution in [0.4, 0.5) is 16.4 Å².